The fourth-order valence-corrected chi connectivity index (χ4v) is 3.82. The second kappa shape index (κ2) is 8.65. The highest BCUT2D eigenvalue weighted by atomic mass is 32.2. The van der Waals surface area contributed by atoms with Crippen LogP contribution in [-0.4, -0.2) is 35.2 Å². The van der Waals surface area contributed by atoms with Gasteiger partial charge in [0.25, 0.3) is 0 Å². The first-order valence-corrected chi connectivity index (χ1v) is 8.73. The van der Waals surface area contributed by atoms with Crippen LogP contribution < -0.4 is 10.0 Å². The standard InChI is InChI=1S/C12H22N2O3S2/c1-3-13-9-11-8-12(10-18-11)19(15,16)14-6-4-5-7-17-2/h8,10,13-14H,3-7,9H2,1-2H3. The fourth-order valence-electron chi connectivity index (χ4n) is 1.50. The first-order valence-electron chi connectivity index (χ1n) is 6.37. The minimum absolute atomic E-state index is 0.358. The lowest BCUT2D eigenvalue weighted by atomic mass is 10.3. The number of thiophene rings is 1. The summed E-state index contributed by atoms with van der Waals surface area (Å²) >= 11 is 1.46. The third kappa shape index (κ3) is 6.01. The van der Waals surface area contributed by atoms with Crippen molar-refractivity contribution in [2.24, 2.45) is 0 Å². The van der Waals surface area contributed by atoms with E-state index < -0.39 is 10.0 Å². The number of nitrogens with one attached hydrogen (secondary N) is 2. The zero-order valence-corrected chi connectivity index (χ0v) is 13.1. The zero-order valence-electron chi connectivity index (χ0n) is 11.4. The highest BCUT2D eigenvalue weighted by Gasteiger charge is 2.15. The van der Waals surface area contributed by atoms with E-state index in [1.807, 2.05) is 6.92 Å². The molecule has 110 valence electrons. The summed E-state index contributed by atoms with van der Waals surface area (Å²) in [4.78, 5) is 1.39. The summed E-state index contributed by atoms with van der Waals surface area (Å²) in [6.45, 7) is 4.71. The Labute approximate surface area is 119 Å². The SMILES string of the molecule is CCNCc1cc(S(=O)(=O)NCCCCOC)cs1. The summed E-state index contributed by atoms with van der Waals surface area (Å²) in [7, 11) is -1.72. The van der Waals surface area contributed by atoms with Gasteiger partial charge in [0.15, 0.2) is 0 Å². The van der Waals surface area contributed by atoms with E-state index in [0.29, 0.717) is 24.6 Å². The maximum atomic E-state index is 12.0. The van der Waals surface area contributed by atoms with Crippen LogP contribution in [0.2, 0.25) is 0 Å². The lowest BCUT2D eigenvalue weighted by Crippen LogP contribution is -2.24. The molecular weight excluding hydrogens is 284 g/mol. The summed E-state index contributed by atoms with van der Waals surface area (Å²) in [6.07, 6.45) is 1.63. The molecule has 0 radical (unpaired) electrons. The highest BCUT2D eigenvalue weighted by molar-refractivity contribution is 7.89. The van der Waals surface area contributed by atoms with E-state index in [-0.39, 0.29) is 0 Å². The van der Waals surface area contributed by atoms with Crippen molar-refractivity contribution in [3.8, 4) is 0 Å². The van der Waals surface area contributed by atoms with Crippen LogP contribution in [-0.2, 0) is 21.3 Å². The van der Waals surface area contributed by atoms with Gasteiger partial charge in [0.1, 0.15) is 0 Å². The van der Waals surface area contributed by atoms with E-state index in [0.717, 1.165) is 24.3 Å². The van der Waals surface area contributed by atoms with E-state index in [1.54, 1.807) is 18.6 Å². The fraction of sp³-hybridized carbons (Fsp3) is 0.667. The predicted octanol–water partition coefficient (Wildman–Crippen LogP) is 1.56. The van der Waals surface area contributed by atoms with Crippen LogP contribution in [0, 0.1) is 0 Å². The van der Waals surface area contributed by atoms with Crippen LogP contribution in [0.15, 0.2) is 16.3 Å². The average Bonchev–Trinajstić information content (AvgIpc) is 2.85. The number of rotatable bonds is 10. The average molecular weight is 306 g/mol. The third-order valence-electron chi connectivity index (χ3n) is 2.56. The quantitative estimate of drug-likeness (QED) is 0.644. The van der Waals surface area contributed by atoms with Crippen molar-refractivity contribution in [3.63, 3.8) is 0 Å². The monoisotopic (exact) mass is 306 g/mol. The van der Waals surface area contributed by atoms with Gasteiger partial charge in [-0.05, 0) is 25.5 Å². The minimum atomic E-state index is -3.36. The molecule has 0 unspecified atom stereocenters. The second-order valence-corrected chi connectivity index (χ2v) is 6.89. The van der Waals surface area contributed by atoms with Crippen LogP contribution >= 0.6 is 11.3 Å². The lowest BCUT2D eigenvalue weighted by Gasteiger charge is -2.04. The Hall–Kier alpha value is -0.470. The van der Waals surface area contributed by atoms with E-state index >= 15 is 0 Å². The molecule has 0 aromatic carbocycles. The molecule has 0 spiro atoms. The maximum absolute atomic E-state index is 12.0. The van der Waals surface area contributed by atoms with Crippen LogP contribution in [0.25, 0.3) is 0 Å². The molecule has 0 aliphatic rings. The number of methoxy groups -OCH3 is 1. The van der Waals surface area contributed by atoms with Gasteiger partial charge in [-0.3, -0.25) is 0 Å². The number of sulfonamides is 1. The van der Waals surface area contributed by atoms with Gasteiger partial charge in [-0.25, -0.2) is 13.1 Å². The molecule has 0 aliphatic heterocycles. The summed E-state index contributed by atoms with van der Waals surface area (Å²) in [5, 5.41) is 4.86. The van der Waals surface area contributed by atoms with Crippen LogP contribution in [0.5, 0.6) is 0 Å². The first-order chi connectivity index (χ1) is 9.10. The van der Waals surface area contributed by atoms with Crippen molar-refractivity contribution in [2.75, 3.05) is 26.8 Å². The van der Waals surface area contributed by atoms with Gasteiger partial charge in [0, 0.05) is 37.1 Å². The van der Waals surface area contributed by atoms with Crippen molar-refractivity contribution in [2.45, 2.75) is 31.2 Å². The molecule has 1 rings (SSSR count). The molecule has 1 aromatic heterocycles. The van der Waals surface area contributed by atoms with Gasteiger partial charge in [-0.1, -0.05) is 6.92 Å². The zero-order chi connectivity index (χ0) is 14.1. The topological polar surface area (TPSA) is 67.4 Å². The predicted molar refractivity (Wildman–Crippen MR) is 78.0 cm³/mol. The van der Waals surface area contributed by atoms with E-state index in [1.165, 1.54) is 11.3 Å². The van der Waals surface area contributed by atoms with E-state index in [9.17, 15) is 8.42 Å². The Kier molecular flexibility index (Phi) is 7.55. The molecule has 1 aromatic rings. The lowest BCUT2D eigenvalue weighted by molar-refractivity contribution is 0.193. The molecule has 5 nitrogen and oxygen atoms in total. The Morgan fingerprint density at radius 1 is 1.37 bits per heavy atom. The van der Waals surface area contributed by atoms with Crippen LogP contribution in [0.4, 0.5) is 0 Å². The Morgan fingerprint density at radius 3 is 2.84 bits per heavy atom. The third-order valence-corrected chi connectivity index (χ3v) is 5.08. The van der Waals surface area contributed by atoms with Gasteiger partial charge in [0.2, 0.25) is 10.0 Å². The molecule has 19 heavy (non-hydrogen) atoms. The largest absolute Gasteiger partial charge is 0.385 e. The molecule has 0 bridgehead atoms. The minimum Gasteiger partial charge on any atom is -0.385 e. The summed E-state index contributed by atoms with van der Waals surface area (Å²) in [5.74, 6) is 0. The summed E-state index contributed by atoms with van der Waals surface area (Å²) < 4.78 is 31.5. The molecule has 0 saturated carbocycles. The molecule has 0 fully saturated rings. The highest BCUT2D eigenvalue weighted by Crippen LogP contribution is 2.19. The molecular formula is C12H22N2O3S2. The van der Waals surface area contributed by atoms with E-state index in [2.05, 4.69) is 10.0 Å². The van der Waals surface area contributed by atoms with Crippen molar-refractivity contribution < 1.29 is 13.2 Å². The molecule has 2 N–H and O–H groups in total. The van der Waals surface area contributed by atoms with Gasteiger partial charge >= 0.3 is 0 Å². The molecule has 0 atom stereocenters. The second-order valence-electron chi connectivity index (χ2n) is 4.13. The number of hydrogen-bond acceptors (Lipinski definition) is 5. The van der Waals surface area contributed by atoms with Gasteiger partial charge in [-0.15, -0.1) is 11.3 Å². The van der Waals surface area contributed by atoms with Crippen molar-refractivity contribution in [3.05, 3.63) is 16.3 Å². The Balaban J connectivity index is 2.45. The molecule has 1 heterocycles. The number of ether oxygens (including phenoxy) is 1. The molecule has 0 amide bonds. The van der Waals surface area contributed by atoms with Gasteiger partial charge in [-0.2, -0.15) is 0 Å². The molecule has 0 saturated heterocycles. The van der Waals surface area contributed by atoms with Crippen molar-refractivity contribution in [1.82, 2.24) is 10.0 Å². The smallest absolute Gasteiger partial charge is 0.241 e. The Bertz CT molecular complexity index is 457. The summed E-state index contributed by atoms with van der Waals surface area (Å²) in [6, 6.07) is 1.73. The van der Waals surface area contributed by atoms with Crippen molar-refractivity contribution in [1.29, 1.82) is 0 Å². The number of unbranched alkanes of at least 4 members (excludes halogenated alkanes) is 1. The van der Waals surface area contributed by atoms with Crippen LogP contribution in [0.1, 0.15) is 24.6 Å². The number of hydrogen-bond donors (Lipinski definition) is 2. The Morgan fingerprint density at radius 2 is 2.16 bits per heavy atom. The molecule has 7 heteroatoms. The maximum Gasteiger partial charge on any atom is 0.241 e. The van der Waals surface area contributed by atoms with E-state index in [4.69, 9.17) is 4.74 Å². The van der Waals surface area contributed by atoms with Gasteiger partial charge in [0.05, 0.1) is 4.90 Å². The summed E-state index contributed by atoms with van der Waals surface area (Å²) in [5.41, 5.74) is 0. The van der Waals surface area contributed by atoms with Gasteiger partial charge < -0.3 is 10.1 Å². The first kappa shape index (κ1) is 16.6. The normalized spacial score (nSPS) is 11.9. The molecule has 0 aliphatic carbocycles. The van der Waals surface area contributed by atoms with Crippen LogP contribution in [0.3, 0.4) is 0 Å². The van der Waals surface area contributed by atoms with Crippen molar-refractivity contribution >= 4 is 21.4 Å².